The maximum atomic E-state index is 4.33. The normalized spacial score (nSPS) is 19.9. The van der Waals surface area contributed by atoms with E-state index < -0.39 is 0 Å². The number of nitrogens with one attached hydrogen (secondary N) is 1. The van der Waals surface area contributed by atoms with Crippen molar-refractivity contribution < 1.29 is 0 Å². The second-order valence-electron chi connectivity index (χ2n) is 4.87. The van der Waals surface area contributed by atoms with Gasteiger partial charge in [0.2, 0.25) is 0 Å². The number of piperidine rings is 1. The number of hydrogen-bond acceptors (Lipinski definition) is 4. The molecule has 18 heavy (non-hydrogen) atoms. The van der Waals surface area contributed by atoms with Crippen molar-refractivity contribution in [2.45, 2.75) is 18.9 Å². The first-order chi connectivity index (χ1) is 8.86. The molecule has 0 spiro atoms. The summed E-state index contributed by atoms with van der Waals surface area (Å²) in [6.07, 6.45) is 4.27. The van der Waals surface area contributed by atoms with Gasteiger partial charge in [-0.1, -0.05) is 24.3 Å². The quantitative estimate of drug-likeness (QED) is 0.872. The third-order valence-corrected chi connectivity index (χ3v) is 3.70. The topological polar surface area (TPSA) is 41.1 Å². The monoisotopic (exact) mass is 242 g/mol. The van der Waals surface area contributed by atoms with Crippen LogP contribution in [0.25, 0.3) is 10.8 Å². The van der Waals surface area contributed by atoms with Crippen molar-refractivity contribution in [3.63, 3.8) is 0 Å². The molecular weight excluding hydrogens is 224 g/mol. The molecule has 1 unspecified atom stereocenters. The molecular formula is C14H18N4. The molecule has 1 aromatic heterocycles. The van der Waals surface area contributed by atoms with Crippen molar-refractivity contribution in [2.75, 3.05) is 25.0 Å². The molecule has 1 N–H and O–H groups in total. The Morgan fingerprint density at radius 1 is 1.33 bits per heavy atom. The van der Waals surface area contributed by atoms with Gasteiger partial charge in [0.15, 0.2) is 5.82 Å². The smallest absolute Gasteiger partial charge is 0.159 e. The van der Waals surface area contributed by atoms with E-state index in [1.54, 1.807) is 0 Å². The molecule has 1 atom stereocenters. The number of benzene rings is 1. The van der Waals surface area contributed by atoms with Gasteiger partial charge in [0.05, 0.1) is 6.20 Å². The number of anilines is 1. The zero-order chi connectivity index (χ0) is 12.4. The second kappa shape index (κ2) is 4.90. The van der Waals surface area contributed by atoms with E-state index >= 15 is 0 Å². The molecule has 1 fully saturated rings. The Morgan fingerprint density at radius 2 is 2.22 bits per heavy atom. The molecule has 3 rings (SSSR count). The van der Waals surface area contributed by atoms with Gasteiger partial charge in [-0.3, -0.25) is 0 Å². The molecule has 1 saturated heterocycles. The van der Waals surface area contributed by atoms with Gasteiger partial charge < -0.3 is 10.2 Å². The molecule has 0 radical (unpaired) electrons. The van der Waals surface area contributed by atoms with E-state index in [9.17, 15) is 0 Å². The molecule has 94 valence electrons. The van der Waals surface area contributed by atoms with Crippen LogP contribution < -0.4 is 10.2 Å². The molecule has 0 aliphatic carbocycles. The van der Waals surface area contributed by atoms with Crippen LogP contribution in [-0.2, 0) is 0 Å². The van der Waals surface area contributed by atoms with Gasteiger partial charge in [-0.25, -0.2) is 0 Å². The highest BCUT2D eigenvalue weighted by Gasteiger charge is 2.20. The van der Waals surface area contributed by atoms with Crippen molar-refractivity contribution in [1.82, 2.24) is 15.5 Å². The lowest BCUT2D eigenvalue weighted by Crippen LogP contribution is -2.44. The first-order valence-electron chi connectivity index (χ1n) is 6.50. The van der Waals surface area contributed by atoms with Crippen molar-refractivity contribution in [1.29, 1.82) is 0 Å². The summed E-state index contributed by atoms with van der Waals surface area (Å²) in [5, 5.41) is 14.2. The molecule has 0 amide bonds. The SMILES string of the molecule is CN(c1nncc2ccccc12)C1CCCNC1. The minimum absolute atomic E-state index is 0.513. The van der Waals surface area contributed by atoms with Crippen LogP contribution in [0.3, 0.4) is 0 Å². The highest BCUT2D eigenvalue weighted by Crippen LogP contribution is 2.25. The lowest BCUT2D eigenvalue weighted by molar-refractivity contribution is 0.443. The van der Waals surface area contributed by atoms with Crippen LogP contribution >= 0.6 is 0 Å². The standard InChI is InChI=1S/C14H18N4/c1-18(12-6-4-8-15-10-12)14-13-7-3-2-5-11(13)9-16-17-14/h2-3,5,7,9,12,15H,4,6,8,10H2,1H3. The maximum absolute atomic E-state index is 4.33. The van der Waals surface area contributed by atoms with Crippen molar-refractivity contribution in [3.8, 4) is 0 Å². The summed E-state index contributed by atoms with van der Waals surface area (Å²) in [5.74, 6) is 0.988. The fourth-order valence-electron chi connectivity index (χ4n) is 2.61. The number of nitrogens with zero attached hydrogens (tertiary/aromatic N) is 3. The predicted molar refractivity (Wildman–Crippen MR) is 73.8 cm³/mol. The molecule has 4 heteroatoms. The van der Waals surface area contributed by atoms with Gasteiger partial charge in [0.25, 0.3) is 0 Å². The molecule has 2 aromatic rings. The number of aromatic nitrogens is 2. The van der Waals surface area contributed by atoms with Crippen LogP contribution in [0.2, 0.25) is 0 Å². The van der Waals surface area contributed by atoms with Gasteiger partial charge in [-0.05, 0) is 19.4 Å². The molecule has 0 saturated carbocycles. The average molecular weight is 242 g/mol. The Balaban J connectivity index is 1.97. The summed E-state index contributed by atoms with van der Waals surface area (Å²) in [5.41, 5.74) is 0. The Kier molecular flexibility index (Phi) is 3.11. The van der Waals surface area contributed by atoms with Gasteiger partial charge >= 0.3 is 0 Å². The fourth-order valence-corrected chi connectivity index (χ4v) is 2.61. The summed E-state index contributed by atoms with van der Waals surface area (Å²) >= 11 is 0. The Labute approximate surface area is 107 Å². The largest absolute Gasteiger partial charge is 0.353 e. The van der Waals surface area contributed by atoms with Crippen molar-refractivity contribution in [3.05, 3.63) is 30.5 Å². The first-order valence-corrected chi connectivity index (χ1v) is 6.50. The minimum atomic E-state index is 0.513. The van der Waals surface area contributed by atoms with Crippen molar-refractivity contribution >= 4 is 16.6 Å². The molecule has 4 nitrogen and oxygen atoms in total. The minimum Gasteiger partial charge on any atom is -0.353 e. The van der Waals surface area contributed by atoms with E-state index in [2.05, 4.69) is 45.7 Å². The summed E-state index contributed by atoms with van der Waals surface area (Å²) in [4.78, 5) is 2.27. The average Bonchev–Trinajstić information content (AvgIpc) is 2.47. The van der Waals surface area contributed by atoms with Crippen LogP contribution in [-0.4, -0.2) is 36.4 Å². The lowest BCUT2D eigenvalue weighted by atomic mass is 10.1. The number of likely N-dealkylation sites (N-methyl/N-ethyl adjacent to an activating group) is 1. The summed E-state index contributed by atoms with van der Waals surface area (Å²) in [7, 11) is 2.12. The molecule has 1 aromatic carbocycles. The Hall–Kier alpha value is -1.68. The van der Waals surface area contributed by atoms with Gasteiger partial charge in [-0.15, -0.1) is 5.10 Å². The third-order valence-electron chi connectivity index (χ3n) is 3.70. The van der Waals surface area contributed by atoms with E-state index in [-0.39, 0.29) is 0 Å². The summed E-state index contributed by atoms with van der Waals surface area (Å²) in [6, 6.07) is 8.81. The number of rotatable bonds is 2. The van der Waals surface area contributed by atoms with Gasteiger partial charge in [0.1, 0.15) is 0 Å². The highest BCUT2D eigenvalue weighted by atomic mass is 15.3. The Morgan fingerprint density at radius 3 is 3.06 bits per heavy atom. The zero-order valence-electron chi connectivity index (χ0n) is 10.6. The second-order valence-corrected chi connectivity index (χ2v) is 4.87. The van der Waals surface area contributed by atoms with Crippen LogP contribution in [0.1, 0.15) is 12.8 Å². The van der Waals surface area contributed by atoms with E-state index in [4.69, 9.17) is 0 Å². The van der Waals surface area contributed by atoms with Gasteiger partial charge in [0, 0.05) is 30.4 Å². The zero-order valence-corrected chi connectivity index (χ0v) is 10.6. The summed E-state index contributed by atoms with van der Waals surface area (Å²) in [6.45, 7) is 2.16. The molecule has 0 bridgehead atoms. The fraction of sp³-hybridized carbons (Fsp3) is 0.429. The summed E-state index contributed by atoms with van der Waals surface area (Å²) < 4.78 is 0. The lowest BCUT2D eigenvalue weighted by Gasteiger charge is -2.32. The Bertz CT molecular complexity index is 529. The predicted octanol–water partition coefficient (Wildman–Crippen LogP) is 1.82. The van der Waals surface area contributed by atoms with Crippen molar-refractivity contribution in [2.24, 2.45) is 0 Å². The van der Waals surface area contributed by atoms with Crippen LogP contribution in [0.5, 0.6) is 0 Å². The molecule has 2 heterocycles. The maximum Gasteiger partial charge on any atom is 0.159 e. The highest BCUT2D eigenvalue weighted by molar-refractivity contribution is 5.91. The van der Waals surface area contributed by atoms with E-state index in [0.717, 1.165) is 24.3 Å². The van der Waals surface area contributed by atoms with Gasteiger partial charge in [-0.2, -0.15) is 5.10 Å². The van der Waals surface area contributed by atoms with E-state index in [1.807, 2.05) is 12.3 Å². The first kappa shape index (κ1) is 11.4. The van der Waals surface area contributed by atoms with Crippen LogP contribution in [0.15, 0.2) is 30.5 Å². The third kappa shape index (κ3) is 2.04. The molecule has 1 aliphatic rings. The van der Waals surface area contributed by atoms with E-state index in [1.165, 1.54) is 18.2 Å². The number of fused-ring (bicyclic) bond motifs is 1. The van der Waals surface area contributed by atoms with Crippen LogP contribution in [0.4, 0.5) is 5.82 Å². The van der Waals surface area contributed by atoms with E-state index in [0.29, 0.717) is 6.04 Å². The van der Waals surface area contributed by atoms with Crippen LogP contribution in [0, 0.1) is 0 Å². The number of hydrogen-bond donors (Lipinski definition) is 1. The molecule has 1 aliphatic heterocycles.